The minimum atomic E-state index is -0.656. The van der Waals surface area contributed by atoms with Crippen molar-refractivity contribution in [2.75, 3.05) is 19.6 Å². The molecule has 0 aromatic carbocycles. The summed E-state index contributed by atoms with van der Waals surface area (Å²) in [4.78, 5) is 13.0. The molecule has 3 nitrogen and oxygen atoms in total. The van der Waals surface area contributed by atoms with Crippen molar-refractivity contribution in [2.45, 2.75) is 20.3 Å². The van der Waals surface area contributed by atoms with E-state index in [2.05, 4.69) is 4.90 Å². The molecule has 1 heterocycles. The van der Waals surface area contributed by atoms with Gasteiger partial charge in [0, 0.05) is 6.54 Å². The minimum Gasteiger partial charge on any atom is -1.00 e. The van der Waals surface area contributed by atoms with Crippen LogP contribution in [0.3, 0.4) is 0 Å². The van der Waals surface area contributed by atoms with Crippen LogP contribution in [-0.4, -0.2) is 35.6 Å². The Hall–Kier alpha value is 0.0274. The summed E-state index contributed by atoms with van der Waals surface area (Å²) in [6.45, 7) is 6.83. The Morgan fingerprint density at radius 2 is 2.08 bits per heavy atom. The third-order valence-corrected chi connectivity index (χ3v) is 2.53. The molecule has 1 aliphatic heterocycles. The third kappa shape index (κ3) is 3.72. The van der Waals surface area contributed by atoms with Gasteiger partial charge in [0.15, 0.2) is 0 Å². The molecule has 1 aliphatic rings. The summed E-state index contributed by atoms with van der Waals surface area (Å²) < 4.78 is 0. The van der Waals surface area contributed by atoms with Crippen LogP contribution in [0.2, 0.25) is 0 Å². The maximum absolute atomic E-state index is 10.8. The summed E-state index contributed by atoms with van der Waals surface area (Å²) >= 11 is 0. The summed E-state index contributed by atoms with van der Waals surface area (Å²) in [6.07, 6.45) is 1.23. The van der Waals surface area contributed by atoms with E-state index >= 15 is 0 Å². The van der Waals surface area contributed by atoms with Crippen molar-refractivity contribution in [2.24, 2.45) is 11.8 Å². The van der Waals surface area contributed by atoms with Crippen LogP contribution >= 0.6 is 0 Å². The maximum atomic E-state index is 10.8. The molecular formula is C9H18LiNO2. The zero-order valence-corrected chi connectivity index (χ0v) is 8.79. The van der Waals surface area contributed by atoms with Crippen LogP contribution in [0.4, 0.5) is 0 Å². The van der Waals surface area contributed by atoms with E-state index in [1.807, 2.05) is 13.8 Å². The molecule has 0 spiro atoms. The molecule has 0 amide bonds. The number of hydrogen-bond acceptors (Lipinski definition) is 2. The molecule has 0 unspecified atom stereocenters. The molecule has 0 aromatic heterocycles. The van der Waals surface area contributed by atoms with Crippen molar-refractivity contribution >= 4 is 5.97 Å². The van der Waals surface area contributed by atoms with Gasteiger partial charge in [-0.2, -0.15) is 0 Å². The van der Waals surface area contributed by atoms with E-state index in [0.717, 1.165) is 19.6 Å². The van der Waals surface area contributed by atoms with Crippen LogP contribution in [0.1, 0.15) is 21.7 Å². The fraction of sp³-hybridized carbons (Fsp3) is 0.889. The first kappa shape index (κ1) is 13.0. The fourth-order valence-corrected chi connectivity index (χ4v) is 1.42. The van der Waals surface area contributed by atoms with E-state index in [4.69, 9.17) is 5.11 Å². The van der Waals surface area contributed by atoms with Crippen LogP contribution in [0.25, 0.3) is 0 Å². The van der Waals surface area contributed by atoms with Crippen LogP contribution in [0.15, 0.2) is 0 Å². The van der Waals surface area contributed by atoms with E-state index in [9.17, 15) is 4.79 Å². The molecule has 0 aliphatic carbocycles. The molecule has 0 bridgehead atoms. The monoisotopic (exact) mass is 179 g/mol. The average Bonchev–Trinajstić information content (AvgIpc) is 1.82. The standard InChI is InChI=1S/C9H17NO2.Li.H/c1-7(2)8(9(11)12)6-10-4-3-5-10;;/h7-8H,3-6H2,1-2H3,(H,11,12);;/q;+1;-1/t8-;;/m1../s1. The van der Waals surface area contributed by atoms with Crippen molar-refractivity contribution in [3.63, 3.8) is 0 Å². The van der Waals surface area contributed by atoms with Crippen molar-refractivity contribution in [1.82, 2.24) is 4.90 Å². The number of aliphatic carboxylic acids is 1. The van der Waals surface area contributed by atoms with Gasteiger partial charge in [-0.15, -0.1) is 0 Å². The van der Waals surface area contributed by atoms with Gasteiger partial charge in [-0.05, 0) is 25.4 Å². The first-order chi connectivity index (χ1) is 5.61. The minimum absolute atomic E-state index is 0. The van der Waals surface area contributed by atoms with Gasteiger partial charge in [0.1, 0.15) is 0 Å². The number of likely N-dealkylation sites (tertiary alicyclic amines) is 1. The Kier molecular flexibility index (Phi) is 5.71. The molecule has 0 radical (unpaired) electrons. The van der Waals surface area contributed by atoms with Crippen molar-refractivity contribution in [3.8, 4) is 0 Å². The first-order valence-corrected chi connectivity index (χ1v) is 4.56. The number of nitrogens with zero attached hydrogens (tertiary/aromatic N) is 1. The summed E-state index contributed by atoms with van der Waals surface area (Å²) in [6, 6.07) is 0. The van der Waals surface area contributed by atoms with Gasteiger partial charge in [0.2, 0.25) is 0 Å². The Morgan fingerprint density at radius 1 is 1.54 bits per heavy atom. The summed E-state index contributed by atoms with van der Waals surface area (Å²) in [5.74, 6) is -0.606. The molecule has 13 heavy (non-hydrogen) atoms. The average molecular weight is 179 g/mol. The van der Waals surface area contributed by atoms with Gasteiger partial charge in [0.05, 0.1) is 5.92 Å². The van der Waals surface area contributed by atoms with Gasteiger partial charge in [-0.1, -0.05) is 13.8 Å². The third-order valence-electron chi connectivity index (χ3n) is 2.53. The topological polar surface area (TPSA) is 40.5 Å². The van der Waals surface area contributed by atoms with Gasteiger partial charge in [-0.3, -0.25) is 4.79 Å². The largest absolute Gasteiger partial charge is 1.00 e. The first-order valence-electron chi connectivity index (χ1n) is 4.56. The van der Waals surface area contributed by atoms with E-state index in [1.54, 1.807) is 0 Å². The normalized spacial score (nSPS) is 19.0. The van der Waals surface area contributed by atoms with E-state index < -0.39 is 5.97 Å². The van der Waals surface area contributed by atoms with Crippen LogP contribution in [0, 0.1) is 11.8 Å². The van der Waals surface area contributed by atoms with Crippen molar-refractivity contribution < 1.29 is 30.2 Å². The molecule has 0 saturated carbocycles. The SMILES string of the molecule is CC(C)[C@@H](CN1CCC1)C(=O)O.[H-].[Li+]. The maximum Gasteiger partial charge on any atom is 1.00 e. The Bertz CT molecular complexity index is 174. The molecule has 1 atom stereocenters. The van der Waals surface area contributed by atoms with Crippen LogP contribution in [0.5, 0.6) is 0 Å². The second-order valence-corrected chi connectivity index (χ2v) is 3.84. The van der Waals surface area contributed by atoms with E-state index in [1.165, 1.54) is 6.42 Å². The smallest absolute Gasteiger partial charge is 1.00 e. The molecule has 1 N–H and O–H groups in total. The predicted octanol–water partition coefficient (Wildman–Crippen LogP) is -1.83. The van der Waals surface area contributed by atoms with Crippen LogP contribution in [-0.2, 0) is 4.79 Å². The number of rotatable bonds is 4. The number of carboxylic acids is 1. The molecule has 1 fully saturated rings. The number of carbonyl (C=O) groups is 1. The molecular weight excluding hydrogens is 161 g/mol. The molecule has 72 valence electrons. The Balaban J connectivity index is 0. The van der Waals surface area contributed by atoms with E-state index in [0.29, 0.717) is 0 Å². The van der Waals surface area contributed by atoms with Gasteiger partial charge in [0.25, 0.3) is 0 Å². The van der Waals surface area contributed by atoms with Gasteiger partial charge < -0.3 is 11.4 Å². The quantitative estimate of drug-likeness (QED) is 0.516. The molecule has 1 saturated heterocycles. The second-order valence-electron chi connectivity index (χ2n) is 3.84. The van der Waals surface area contributed by atoms with Gasteiger partial charge in [-0.25, -0.2) is 0 Å². The Labute approximate surface area is 93.2 Å². The van der Waals surface area contributed by atoms with Crippen molar-refractivity contribution in [1.29, 1.82) is 0 Å². The van der Waals surface area contributed by atoms with E-state index in [-0.39, 0.29) is 32.1 Å². The zero-order chi connectivity index (χ0) is 9.14. The van der Waals surface area contributed by atoms with Crippen molar-refractivity contribution in [3.05, 3.63) is 0 Å². The fourth-order valence-electron chi connectivity index (χ4n) is 1.42. The number of hydrogen-bond donors (Lipinski definition) is 1. The summed E-state index contributed by atoms with van der Waals surface area (Å²) in [7, 11) is 0. The predicted molar refractivity (Wildman–Crippen MR) is 48.1 cm³/mol. The Morgan fingerprint density at radius 3 is 2.31 bits per heavy atom. The molecule has 1 rings (SSSR count). The van der Waals surface area contributed by atoms with Crippen LogP contribution < -0.4 is 18.9 Å². The zero-order valence-electron chi connectivity index (χ0n) is 9.79. The van der Waals surface area contributed by atoms with Gasteiger partial charge >= 0.3 is 24.8 Å². The number of carboxylic acid groups (broad SMARTS) is 1. The molecule has 0 aromatic rings. The molecule has 4 heteroatoms. The second kappa shape index (κ2) is 5.69. The summed E-state index contributed by atoms with van der Waals surface area (Å²) in [5, 5.41) is 8.89. The summed E-state index contributed by atoms with van der Waals surface area (Å²) in [5.41, 5.74) is 0.